The van der Waals surface area contributed by atoms with E-state index in [2.05, 4.69) is 21.8 Å². The summed E-state index contributed by atoms with van der Waals surface area (Å²) in [7, 11) is 0. The second-order valence-corrected chi connectivity index (χ2v) is 4.54. The zero-order valence-corrected chi connectivity index (χ0v) is 10.1. The molecule has 0 aliphatic carbocycles. The normalized spacial score (nSPS) is 17.8. The number of aryl methyl sites for hydroxylation is 1. The monoisotopic (exact) mass is 220 g/mol. The van der Waals surface area contributed by atoms with Crippen LogP contribution in [-0.4, -0.2) is 29.6 Å². The molecule has 16 heavy (non-hydrogen) atoms. The van der Waals surface area contributed by atoms with Crippen LogP contribution in [0.15, 0.2) is 6.20 Å². The summed E-state index contributed by atoms with van der Waals surface area (Å²) >= 11 is 0. The van der Waals surface area contributed by atoms with E-state index < -0.39 is 0 Å². The van der Waals surface area contributed by atoms with Crippen LogP contribution in [0.25, 0.3) is 0 Å². The summed E-state index contributed by atoms with van der Waals surface area (Å²) in [4.78, 5) is 11.3. The van der Waals surface area contributed by atoms with Crippen LogP contribution in [0.1, 0.15) is 36.9 Å². The molecule has 0 bridgehead atoms. The van der Waals surface area contributed by atoms with E-state index in [0.717, 1.165) is 24.7 Å². The quantitative estimate of drug-likeness (QED) is 0.837. The first kappa shape index (κ1) is 11.3. The average Bonchev–Trinajstić information content (AvgIpc) is 2.81. The Morgan fingerprint density at radius 1 is 1.44 bits per heavy atom. The van der Waals surface area contributed by atoms with Gasteiger partial charge in [0.15, 0.2) is 0 Å². The highest BCUT2D eigenvalue weighted by Crippen LogP contribution is 2.20. The molecule has 1 fully saturated rings. The van der Waals surface area contributed by atoms with E-state index in [0.29, 0.717) is 12.5 Å². The standard InChI is InChI=1S/C12H20N4/c1-9(7-13)11-8-14-12(15-10(11)2)16-5-3-4-6-16/h8-9H,3-7,13H2,1-2H3. The molecule has 4 heteroatoms. The molecule has 0 amide bonds. The predicted octanol–water partition coefficient (Wildman–Crippen LogP) is 1.45. The van der Waals surface area contributed by atoms with Crippen LogP contribution < -0.4 is 10.6 Å². The lowest BCUT2D eigenvalue weighted by Gasteiger charge is -2.17. The summed E-state index contributed by atoms with van der Waals surface area (Å²) < 4.78 is 0. The first-order valence-electron chi connectivity index (χ1n) is 6.01. The van der Waals surface area contributed by atoms with E-state index in [1.165, 1.54) is 18.4 Å². The molecule has 1 unspecified atom stereocenters. The molecule has 1 atom stereocenters. The van der Waals surface area contributed by atoms with Gasteiger partial charge in [-0.1, -0.05) is 6.92 Å². The maximum Gasteiger partial charge on any atom is 0.225 e. The lowest BCUT2D eigenvalue weighted by molar-refractivity contribution is 0.748. The first-order valence-corrected chi connectivity index (χ1v) is 6.01. The van der Waals surface area contributed by atoms with E-state index in [1.54, 1.807) is 0 Å². The molecular formula is C12H20N4. The fourth-order valence-corrected chi connectivity index (χ4v) is 2.14. The summed E-state index contributed by atoms with van der Waals surface area (Å²) in [5, 5.41) is 0. The van der Waals surface area contributed by atoms with Gasteiger partial charge in [-0.15, -0.1) is 0 Å². The van der Waals surface area contributed by atoms with Crippen molar-refractivity contribution in [2.75, 3.05) is 24.5 Å². The molecule has 0 aromatic carbocycles. The Hall–Kier alpha value is -1.16. The van der Waals surface area contributed by atoms with E-state index in [1.807, 2.05) is 13.1 Å². The van der Waals surface area contributed by atoms with E-state index >= 15 is 0 Å². The Kier molecular flexibility index (Phi) is 3.39. The van der Waals surface area contributed by atoms with Gasteiger partial charge in [-0.25, -0.2) is 9.97 Å². The highest BCUT2D eigenvalue weighted by atomic mass is 15.3. The van der Waals surface area contributed by atoms with Crippen LogP contribution >= 0.6 is 0 Å². The third-order valence-corrected chi connectivity index (χ3v) is 3.28. The van der Waals surface area contributed by atoms with Crippen LogP contribution in [0, 0.1) is 6.92 Å². The minimum Gasteiger partial charge on any atom is -0.341 e. The summed E-state index contributed by atoms with van der Waals surface area (Å²) in [6.45, 7) is 6.98. The van der Waals surface area contributed by atoms with Crippen LogP contribution in [-0.2, 0) is 0 Å². The van der Waals surface area contributed by atoms with Gasteiger partial charge < -0.3 is 10.6 Å². The molecule has 1 saturated heterocycles. The zero-order valence-electron chi connectivity index (χ0n) is 10.1. The third-order valence-electron chi connectivity index (χ3n) is 3.28. The number of nitrogens with two attached hydrogens (primary N) is 1. The van der Waals surface area contributed by atoms with Crippen molar-refractivity contribution in [1.82, 2.24) is 9.97 Å². The van der Waals surface area contributed by atoms with Crippen molar-refractivity contribution in [1.29, 1.82) is 0 Å². The van der Waals surface area contributed by atoms with Crippen LogP contribution in [0.5, 0.6) is 0 Å². The van der Waals surface area contributed by atoms with Crippen molar-refractivity contribution in [3.8, 4) is 0 Å². The number of hydrogen-bond acceptors (Lipinski definition) is 4. The van der Waals surface area contributed by atoms with Crippen molar-refractivity contribution in [2.24, 2.45) is 5.73 Å². The van der Waals surface area contributed by atoms with Crippen molar-refractivity contribution >= 4 is 5.95 Å². The minimum absolute atomic E-state index is 0.340. The molecule has 0 radical (unpaired) electrons. The molecule has 1 aliphatic heterocycles. The number of hydrogen-bond donors (Lipinski definition) is 1. The van der Waals surface area contributed by atoms with Gasteiger partial charge in [-0.2, -0.15) is 0 Å². The fraction of sp³-hybridized carbons (Fsp3) is 0.667. The fourth-order valence-electron chi connectivity index (χ4n) is 2.14. The van der Waals surface area contributed by atoms with Crippen molar-refractivity contribution in [2.45, 2.75) is 32.6 Å². The van der Waals surface area contributed by atoms with Gasteiger partial charge in [0.25, 0.3) is 0 Å². The molecular weight excluding hydrogens is 200 g/mol. The molecule has 2 rings (SSSR count). The highest BCUT2D eigenvalue weighted by molar-refractivity contribution is 5.34. The molecule has 0 spiro atoms. The van der Waals surface area contributed by atoms with E-state index in [-0.39, 0.29) is 0 Å². The van der Waals surface area contributed by atoms with E-state index in [4.69, 9.17) is 5.73 Å². The van der Waals surface area contributed by atoms with Gasteiger partial charge in [0.05, 0.1) is 0 Å². The predicted molar refractivity (Wildman–Crippen MR) is 65.7 cm³/mol. The van der Waals surface area contributed by atoms with Gasteiger partial charge in [0.2, 0.25) is 5.95 Å². The number of rotatable bonds is 3. The first-order chi connectivity index (χ1) is 7.72. The van der Waals surface area contributed by atoms with E-state index in [9.17, 15) is 0 Å². The lowest BCUT2D eigenvalue weighted by Crippen LogP contribution is -2.21. The Bertz CT molecular complexity index is 358. The maximum atomic E-state index is 5.67. The summed E-state index contributed by atoms with van der Waals surface area (Å²) in [5.74, 6) is 1.22. The van der Waals surface area contributed by atoms with Gasteiger partial charge in [-0.3, -0.25) is 0 Å². The lowest BCUT2D eigenvalue weighted by atomic mass is 10.0. The third kappa shape index (κ3) is 2.16. The highest BCUT2D eigenvalue weighted by Gasteiger charge is 2.16. The molecule has 1 aliphatic rings. The van der Waals surface area contributed by atoms with Crippen LogP contribution in [0.4, 0.5) is 5.95 Å². The molecule has 1 aromatic rings. The zero-order chi connectivity index (χ0) is 11.5. The Morgan fingerprint density at radius 3 is 2.69 bits per heavy atom. The van der Waals surface area contributed by atoms with Gasteiger partial charge in [0, 0.05) is 25.0 Å². The van der Waals surface area contributed by atoms with Crippen molar-refractivity contribution < 1.29 is 0 Å². The number of aromatic nitrogens is 2. The molecule has 1 aromatic heterocycles. The van der Waals surface area contributed by atoms with Crippen LogP contribution in [0.3, 0.4) is 0 Å². The van der Waals surface area contributed by atoms with Crippen molar-refractivity contribution in [3.63, 3.8) is 0 Å². The second kappa shape index (κ2) is 4.78. The molecule has 0 saturated carbocycles. The minimum atomic E-state index is 0.340. The summed E-state index contributed by atoms with van der Waals surface area (Å²) in [5.41, 5.74) is 7.90. The second-order valence-electron chi connectivity index (χ2n) is 4.54. The summed E-state index contributed by atoms with van der Waals surface area (Å²) in [6, 6.07) is 0. The van der Waals surface area contributed by atoms with Gasteiger partial charge in [0.1, 0.15) is 0 Å². The Balaban J connectivity index is 2.21. The summed E-state index contributed by atoms with van der Waals surface area (Å²) in [6.07, 6.45) is 4.44. The molecule has 88 valence electrons. The van der Waals surface area contributed by atoms with Crippen LogP contribution in [0.2, 0.25) is 0 Å². The maximum absolute atomic E-state index is 5.67. The molecule has 4 nitrogen and oxygen atoms in total. The topological polar surface area (TPSA) is 55.0 Å². The largest absolute Gasteiger partial charge is 0.341 e. The van der Waals surface area contributed by atoms with Gasteiger partial charge >= 0.3 is 0 Å². The van der Waals surface area contributed by atoms with Gasteiger partial charge in [-0.05, 0) is 37.8 Å². The Labute approximate surface area is 96.9 Å². The number of anilines is 1. The molecule has 2 heterocycles. The SMILES string of the molecule is Cc1nc(N2CCCC2)ncc1C(C)CN. The molecule has 2 N–H and O–H groups in total. The van der Waals surface area contributed by atoms with Crippen molar-refractivity contribution in [3.05, 3.63) is 17.5 Å². The Morgan fingerprint density at radius 2 is 2.12 bits per heavy atom. The average molecular weight is 220 g/mol. The number of nitrogens with zero attached hydrogens (tertiary/aromatic N) is 3. The smallest absolute Gasteiger partial charge is 0.225 e.